The van der Waals surface area contributed by atoms with Gasteiger partial charge in [-0.2, -0.15) is 0 Å². The lowest BCUT2D eigenvalue weighted by atomic mass is 10.1. The van der Waals surface area contributed by atoms with Crippen LogP contribution in [0.2, 0.25) is 0 Å². The summed E-state index contributed by atoms with van der Waals surface area (Å²) < 4.78 is 0. The molecule has 1 rings (SSSR count). The Morgan fingerprint density at radius 2 is 1.88 bits per heavy atom. The molecule has 0 saturated heterocycles. The Morgan fingerprint density at radius 1 is 1.29 bits per heavy atom. The van der Waals surface area contributed by atoms with Crippen LogP contribution in [0.4, 0.5) is 0 Å². The van der Waals surface area contributed by atoms with E-state index in [0.717, 1.165) is 12.0 Å². The number of carbonyl (C=O) groups is 1. The Morgan fingerprint density at radius 3 is 2.41 bits per heavy atom. The Hall–Kier alpha value is -1.06. The first-order chi connectivity index (χ1) is 7.63. The van der Waals surface area contributed by atoms with Gasteiger partial charge < -0.3 is 10.6 Å². The predicted molar refractivity (Wildman–Crippen MR) is 73.2 cm³/mol. The summed E-state index contributed by atoms with van der Waals surface area (Å²) in [6.07, 6.45) is 1.30. The van der Waals surface area contributed by atoms with E-state index in [0.29, 0.717) is 19.5 Å². The number of amides is 1. The van der Waals surface area contributed by atoms with Crippen molar-refractivity contribution in [3.8, 4) is 0 Å². The molecule has 0 aliphatic carbocycles. The zero-order valence-electron chi connectivity index (χ0n) is 10.5. The van der Waals surface area contributed by atoms with Crippen LogP contribution < -0.4 is 5.73 Å². The minimum Gasteiger partial charge on any atom is -0.341 e. The highest BCUT2D eigenvalue weighted by Gasteiger charge is 2.07. The Balaban J connectivity index is 0.00000256. The number of hydrogen-bond acceptors (Lipinski definition) is 2. The number of halogens is 1. The molecule has 0 heterocycles. The minimum atomic E-state index is 0. The molecule has 1 amide bonds. The SMILES string of the molecule is Cc1ccc(CN(C)C(=O)CCCN)cc1.Cl. The number of aryl methyl sites for hydroxylation is 1. The topological polar surface area (TPSA) is 46.3 Å². The van der Waals surface area contributed by atoms with E-state index in [1.165, 1.54) is 5.56 Å². The van der Waals surface area contributed by atoms with Gasteiger partial charge in [-0.25, -0.2) is 0 Å². The third-order valence-corrected chi connectivity index (χ3v) is 2.56. The summed E-state index contributed by atoms with van der Waals surface area (Å²) in [5.41, 5.74) is 7.77. The van der Waals surface area contributed by atoms with Crippen LogP contribution >= 0.6 is 12.4 Å². The molecule has 17 heavy (non-hydrogen) atoms. The monoisotopic (exact) mass is 256 g/mol. The molecule has 0 spiro atoms. The van der Waals surface area contributed by atoms with Crippen molar-refractivity contribution in [1.82, 2.24) is 4.90 Å². The van der Waals surface area contributed by atoms with Crippen molar-refractivity contribution in [2.45, 2.75) is 26.3 Å². The Labute approximate surface area is 109 Å². The van der Waals surface area contributed by atoms with E-state index in [2.05, 4.69) is 31.2 Å². The van der Waals surface area contributed by atoms with Gasteiger partial charge in [0.05, 0.1) is 0 Å². The molecular weight excluding hydrogens is 236 g/mol. The van der Waals surface area contributed by atoms with E-state index in [-0.39, 0.29) is 18.3 Å². The maximum Gasteiger partial charge on any atom is 0.222 e. The highest BCUT2D eigenvalue weighted by molar-refractivity contribution is 5.85. The van der Waals surface area contributed by atoms with Crippen LogP contribution in [0, 0.1) is 6.92 Å². The third-order valence-electron chi connectivity index (χ3n) is 2.56. The third kappa shape index (κ3) is 5.71. The highest BCUT2D eigenvalue weighted by Crippen LogP contribution is 2.07. The van der Waals surface area contributed by atoms with Gasteiger partial charge in [-0.05, 0) is 25.5 Å². The summed E-state index contributed by atoms with van der Waals surface area (Å²) in [5, 5.41) is 0. The second-order valence-electron chi connectivity index (χ2n) is 4.13. The van der Waals surface area contributed by atoms with E-state index in [4.69, 9.17) is 5.73 Å². The number of carbonyl (C=O) groups excluding carboxylic acids is 1. The predicted octanol–water partition coefficient (Wildman–Crippen LogP) is 2.11. The lowest BCUT2D eigenvalue weighted by Gasteiger charge is -2.17. The smallest absolute Gasteiger partial charge is 0.222 e. The van der Waals surface area contributed by atoms with Crippen LogP contribution in [0.3, 0.4) is 0 Å². The van der Waals surface area contributed by atoms with Gasteiger partial charge in [0, 0.05) is 20.0 Å². The summed E-state index contributed by atoms with van der Waals surface area (Å²) in [6, 6.07) is 8.24. The van der Waals surface area contributed by atoms with Crippen LogP contribution in [0.25, 0.3) is 0 Å². The fraction of sp³-hybridized carbons (Fsp3) is 0.462. The van der Waals surface area contributed by atoms with Crippen molar-refractivity contribution < 1.29 is 4.79 Å². The Bertz CT molecular complexity index is 338. The zero-order valence-corrected chi connectivity index (χ0v) is 11.3. The van der Waals surface area contributed by atoms with Crippen molar-refractivity contribution in [3.63, 3.8) is 0 Å². The van der Waals surface area contributed by atoms with E-state index in [1.807, 2.05) is 7.05 Å². The zero-order chi connectivity index (χ0) is 12.0. The second kappa shape index (κ2) is 8.09. The average molecular weight is 257 g/mol. The molecule has 3 nitrogen and oxygen atoms in total. The van der Waals surface area contributed by atoms with Crippen molar-refractivity contribution >= 4 is 18.3 Å². The summed E-state index contributed by atoms with van der Waals surface area (Å²) >= 11 is 0. The van der Waals surface area contributed by atoms with Gasteiger partial charge in [-0.3, -0.25) is 4.79 Å². The van der Waals surface area contributed by atoms with Gasteiger partial charge in [0.1, 0.15) is 0 Å². The molecule has 0 aromatic heterocycles. The standard InChI is InChI=1S/C13H20N2O.ClH/c1-11-5-7-12(8-6-11)10-15(2)13(16)4-3-9-14;/h5-8H,3-4,9-10,14H2,1-2H3;1H. The molecule has 0 aliphatic heterocycles. The lowest BCUT2D eigenvalue weighted by Crippen LogP contribution is -2.26. The highest BCUT2D eigenvalue weighted by atomic mass is 35.5. The quantitative estimate of drug-likeness (QED) is 0.877. The number of nitrogens with zero attached hydrogens (tertiary/aromatic N) is 1. The number of rotatable bonds is 5. The fourth-order valence-corrected chi connectivity index (χ4v) is 1.50. The average Bonchev–Trinajstić information content (AvgIpc) is 2.29. The molecule has 1 aromatic rings. The largest absolute Gasteiger partial charge is 0.341 e. The first kappa shape index (κ1) is 15.9. The molecule has 0 fully saturated rings. The normalized spacial score (nSPS) is 9.59. The molecule has 2 N–H and O–H groups in total. The van der Waals surface area contributed by atoms with E-state index >= 15 is 0 Å². The fourth-order valence-electron chi connectivity index (χ4n) is 1.50. The molecule has 0 unspecified atom stereocenters. The van der Waals surface area contributed by atoms with Gasteiger partial charge in [0.2, 0.25) is 5.91 Å². The lowest BCUT2D eigenvalue weighted by molar-refractivity contribution is -0.130. The van der Waals surface area contributed by atoms with Gasteiger partial charge in [-0.15, -0.1) is 12.4 Å². The van der Waals surface area contributed by atoms with E-state index < -0.39 is 0 Å². The molecule has 0 bridgehead atoms. The number of nitrogens with two attached hydrogens (primary N) is 1. The number of benzene rings is 1. The summed E-state index contributed by atoms with van der Waals surface area (Å²) in [5.74, 6) is 0.158. The molecule has 0 saturated carbocycles. The van der Waals surface area contributed by atoms with Gasteiger partial charge in [0.15, 0.2) is 0 Å². The van der Waals surface area contributed by atoms with E-state index in [1.54, 1.807) is 4.90 Å². The number of hydrogen-bond donors (Lipinski definition) is 1. The van der Waals surface area contributed by atoms with Crippen LogP contribution in [0.15, 0.2) is 24.3 Å². The van der Waals surface area contributed by atoms with Crippen LogP contribution in [0.1, 0.15) is 24.0 Å². The summed E-state index contributed by atoms with van der Waals surface area (Å²) in [6.45, 7) is 3.30. The van der Waals surface area contributed by atoms with Crippen LogP contribution in [-0.2, 0) is 11.3 Å². The molecule has 4 heteroatoms. The van der Waals surface area contributed by atoms with Gasteiger partial charge >= 0.3 is 0 Å². The summed E-state index contributed by atoms with van der Waals surface area (Å²) in [4.78, 5) is 13.4. The van der Waals surface area contributed by atoms with Crippen molar-refractivity contribution in [2.24, 2.45) is 5.73 Å². The van der Waals surface area contributed by atoms with Gasteiger partial charge in [-0.1, -0.05) is 29.8 Å². The molecule has 1 aromatic carbocycles. The van der Waals surface area contributed by atoms with Crippen LogP contribution in [0.5, 0.6) is 0 Å². The Kier molecular flexibility index (Phi) is 7.59. The van der Waals surface area contributed by atoms with Gasteiger partial charge in [0.25, 0.3) is 0 Å². The first-order valence-corrected chi connectivity index (χ1v) is 5.63. The molecule has 0 aliphatic rings. The second-order valence-corrected chi connectivity index (χ2v) is 4.13. The van der Waals surface area contributed by atoms with Crippen molar-refractivity contribution in [3.05, 3.63) is 35.4 Å². The molecule has 0 atom stereocenters. The molecule has 96 valence electrons. The minimum absolute atomic E-state index is 0. The van der Waals surface area contributed by atoms with Crippen molar-refractivity contribution in [1.29, 1.82) is 0 Å². The maximum absolute atomic E-state index is 11.6. The van der Waals surface area contributed by atoms with Crippen molar-refractivity contribution in [2.75, 3.05) is 13.6 Å². The maximum atomic E-state index is 11.6. The molecule has 0 radical (unpaired) electrons. The molecular formula is C13H21ClN2O. The summed E-state index contributed by atoms with van der Waals surface area (Å²) in [7, 11) is 1.83. The van der Waals surface area contributed by atoms with E-state index in [9.17, 15) is 4.79 Å². The first-order valence-electron chi connectivity index (χ1n) is 5.63. The van der Waals surface area contributed by atoms with Crippen LogP contribution in [-0.4, -0.2) is 24.4 Å².